The van der Waals surface area contributed by atoms with E-state index in [1.807, 2.05) is 0 Å². The Bertz CT molecular complexity index is 1000. The lowest BCUT2D eigenvalue weighted by Crippen LogP contribution is -2.34. The Balaban J connectivity index is 1.55. The number of cyclic esters (lactones) is 1. The van der Waals surface area contributed by atoms with Gasteiger partial charge in [0.2, 0.25) is 0 Å². The van der Waals surface area contributed by atoms with E-state index in [1.54, 1.807) is 17.9 Å². The van der Waals surface area contributed by atoms with Crippen molar-refractivity contribution in [1.29, 1.82) is 0 Å². The maximum atomic E-state index is 14.8. The molecule has 2 aliphatic rings. The molecule has 3 heterocycles. The van der Waals surface area contributed by atoms with E-state index in [4.69, 9.17) is 4.74 Å². The zero-order valence-corrected chi connectivity index (χ0v) is 16.1. The molecule has 1 atom stereocenters. The molecule has 1 aromatic carbocycles. The van der Waals surface area contributed by atoms with Gasteiger partial charge in [0.05, 0.1) is 38.1 Å². The Morgan fingerprint density at radius 3 is 2.80 bits per heavy atom. The summed E-state index contributed by atoms with van der Waals surface area (Å²) < 4.78 is 55.5. The number of nitrogens with zero attached hydrogens (tertiary/aromatic N) is 4. The first-order valence-corrected chi connectivity index (χ1v) is 9.02. The van der Waals surface area contributed by atoms with Crippen LogP contribution in [0, 0.1) is 17.5 Å². The summed E-state index contributed by atoms with van der Waals surface area (Å²) in [5.41, 5.74) is 0.359. The van der Waals surface area contributed by atoms with E-state index in [1.165, 1.54) is 12.0 Å². The second-order valence-electron chi connectivity index (χ2n) is 6.97. The predicted octanol–water partition coefficient (Wildman–Crippen LogP) is 2.04. The molecular weight excluding hydrogens is 407 g/mol. The number of hydrogen-bond acceptors (Lipinski definition) is 6. The van der Waals surface area contributed by atoms with Crippen molar-refractivity contribution in [2.75, 3.05) is 30.0 Å². The molecular formula is C18H18F3N5O4. The maximum absolute atomic E-state index is 14.8. The van der Waals surface area contributed by atoms with Gasteiger partial charge in [-0.25, -0.2) is 22.8 Å². The van der Waals surface area contributed by atoms with Gasteiger partial charge in [-0.05, 0) is 0 Å². The molecule has 0 spiro atoms. The highest BCUT2D eigenvalue weighted by Gasteiger charge is 2.37. The average molecular weight is 425 g/mol. The van der Waals surface area contributed by atoms with E-state index >= 15 is 0 Å². The smallest absolute Gasteiger partial charge is 0.414 e. The first-order chi connectivity index (χ1) is 14.3. The van der Waals surface area contributed by atoms with Crippen LogP contribution in [0.5, 0.6) is 0 Å². The number of anilines is 2. The summed E-state index contributed by atoms with van der Waals surface area (Å²) in [6.07, 6.45) is -0.811. The minimum Gasteiger partial charge on any atom is -0.453 e. The van der Waals surface area contributed by atoms with Gasteiger partial charge in [0.15, 0.2) is 17.5 Å². The van der Waals surface area contributed by atoms with E-state index in [-0.39, 0.29) is 26.2 Å². The number of nitrogens with one attached hydrogen (secondary N) is 1. The molecule has 2 aromatic rings. The van der Waals surface area contributed by atoms with Crippen molar-refractivity contribution in [2.24, 2.45) is 7.05 Å². The summed E-state index contributed by atoms with van der Waals surface area (Å²) in [5, 5.41) is 6.55. The highest BCUT2D eigenvalue weighted by Crippen LogP contribution is 2.37. The molecule has 0 bridgehead atoms. The zero-order chi connectivity index (χ0) is 21.6. The first-order valence-electron chi connectivity index (χ1n) is 9.02. The predicted molar refractivity (Wildman–Crippen MR) is 97.4 cm³/mol. The van der Waals surface area contributed by atoms with Crippen LogP contribution in [0.15, 0.2) is 12.3 Å². The second-order valence-corrected chi connectivity index (χ2v) is 6.97. The van der Waals surface area contributed by atoms with Gasteiger partial charge >= 0.3 is 12.2 Å². The summed E-state index contributed by atoms with van der Waals surface area (Å²) in [6, 6.07) is 0.765. The SMILES string of the molecule is COC(=O)NC[C@H]1CN(c2cc(F)c(N3Cc4cn(C)nc4C3)c(F)c2F)C(=O)O1. The number of hydrogen-bond donors (Lipinski definition) is 1. The molecule has 9 nitrogen and oxygen atoms in total. The van der Waals surface area contributed by atoms with E-state index in [0.717, 1.165) is 16.5 Å². The molecule has 2 amide bonds. The molecule has 2 aliphatic heterocycles. The highest BCUT2D eigenvalue weighted by atomic mass is 19.2. The Morgan fingerprint density at radius 2 is 2.10 bits per heavy atom. The molecule has 30 heavy (non-hydrogen) atoms. The molecule has 0 saturated carbocycles. The lowest BCUT2D eigenvalue weighted by molar-refractivity contribution is 0.132. The summed E-state index contributed by atoms with van der Waals surface area (Å²) >= 11 is 0. The van der Waals surface area contributed by atoms with Crippen molar-refractivity contribution < 1.29 is 32.2 Å². The van der Waals surface area contributed by atoms with Crippen LogP contribution >= 0.6 is 0 Å². The first kappa shape index (κ1) is 19.9. The van der Waals surface area contributed by atoms with Crippen LogP contribution in [0.25, 0.3) is 0 Å². The minimum absolute atomic E-state index is 0.0982. The summed E-state index contributed by atoms with van der Waals surface area (Å²) in [7, 11) is 2.90. The number of aryl methyl sites for hydroxylation is 1. The van der Waals surface area contributed by atoms with Crippen LogP contribution in [0.4, 0.5) is 34.1 Å². The van der Waals surface area contributed by atoms with E-state index in [9.17, 15) is 22.8 Å². The van der Waals surface area contributed by atoms with Gasteiger partial charge in [0.1, 0.15) is 11.8 Å². The minimum atomic E-state index is -1.40. The molecule has 0 aliphatic carbocycles. The fourth-order valence-corrected chi connectivity index (χ4v) is 3.60. The number of benzene rings is 1. The number of carbonyl (C=O) groups is 2. The standard InChI is InChI=1S/C18H18F3N5O4/c1-24-5-9-6-25(8-12(9)23-24)16-11(19)3-13(14(20)15(16)21)26-7-10(30-18(26)28)4-22-17(27)29-2/h3,5,10H,4,6-8H2,1-2H3,(H,22,27)/t10-/m0/s1. The average Bonchev–Trinajstić information content (AvgIpc) is 3.35. The number of rotatable bonds is 4. The van der Waals surface area contributed by atoms with Crippen LogP contribution in [0.1, 0.15) is 11.3 Å². The lowest BCUT2D eigenvalue weighted by Gasteiger charge is -2.22. The number of ether oxygens (including phenoxy) is 2. The quantitative estimate of drug-likeness (QED) is 0.755. The Morgan fingerprint density at radius 1 is 1.33 bits per heavy atom. The van der Waals surface area contributed by atoms with Crippen molar-refractivity contribution in [3.05, 3.63) is 41.0 Å². The summed E-state index contributed by atoms with van der Waals surface area (Å²) in [6.45, 7) is 0.0232. The monoisotopic (exact) mass is 425 g/mol. The number of aromatic nitrogens is 2. The van der Waals surface area contributed by atoms with Crippen LogP contribution in [-0.2, 0) is 29.6 Å². The largest absolute Gasteiger partial charge is 0.453 e. The fourth-order valence-electron chi connectivity index (χ4n) is 3.60. The number of amides is 2. The molecule has 4 rings (SSSR count). The normalized spacial score (nSPS) is 17.9. The number of halogens is 3. The molecule has 1 fully saturated rings. The molecule has 0 radical (unpaired) electrons. The third kappa shape index (κ3) is 3.37. The van der Waals surface area contributed by atoms with Gasteiger partial charge in [-0.15, -0.1) is 0 Å². The van der Waals surface area contributed by atoms with Gasteiger partial charge in [0.25, 0.3) is 0 Å². The van der Waals surface area contributed by atoms with Crippen LogP contribution in [-0.4, -0.2) is 48.3 Å². The molecule has 1 aromatic heterocycles. The van der Waals surface area contributed by atoms with Crippen molar-refractivity contribution in [1.82, 2.24) is 15.1 Å². The number of fused-ring (bicyclic) bond motifs is 1. The van der Waals surface area contributed by atoms with Crippen molar-refractivity contribution >= 4 is 23.6 Å². The summed E-state index contributed by atoms with van der Waals surface area (Å²) in [4.78, 5) is 25.4. The number of carbonyl (C=O) groups excluding carboxylic acids is 2. The van der Waals surface area contributed by atoms with Gasteiger partial charge in [0, 0.05) is 31.4 Å². The summed E-state index contributed by atoms with van der Waals surface area (Å²) in [5.74, 6) is -3.78. The second kappa shape index (κ2) is 7.43. The van der Waals surface area contributed by atoms with Gasteiger partial charge < -0.3 is 19.7 Å². The van der Waals surface area contributed by atoms with E-state index < -0.39 is 47.1 Å². The van der Waals surface area contributed by atoms with Crippen LogP contribution in [0.3, 0.4) is 0 Å². The van der Waals surface area contributed by atoms with Crippen LogP contribution < -0.4 is 15.1 Å². The lowest BCUT2D eigenvalue weighted by atomic mass is 10.2. The van der Waals surface area contributed by atoms with Gasteiger partial charge in [-0.2, -0.15) is 5.10 Å². The van der Waals surface area contributed by atoms with Crippen molar-refractivity contribution in [2.45, 2.75) is 19.2 Å². The van der Waals surface area contributed by atoms with Gasteiger partial charge in [-0.3, -0.25) is 9.58 Å². The molecule has 1 saturated heterocycles. The Kier molecular flexibility index (Phi) is 4.92. The third-order valence-corrected chi connectivity index (χ3v) is 4.95. The number of alkyl carbamates (subject to hydrolysis) is 1. The zero-order valence-electron chi connectivity index (χ0n) is 16.1. The Hall–Kier alpha value is -3.44. The topological polar surface area (TPSA) is 88.9 Å². The molecule has 160 valence electrons. The highest BCUT2D eigenvalue weighted by molar-refractivity contribution is 5.90. The van der Waals surface area contributed by atoms with Crippen molar-refractivity contribution in [3.8, 4) is 0 Å². The Labute approximate surface area is 168 Å². The molecule has 1 N–H and O–H groups in total. The van der Waals surface area contributed by atoms with E-state index in [2.05, 4.69) is 15.2 Å². The third-order valence-electron chi connectivity index (χ3n) is 4.95. The van der Waals surface area contributed by atoms with Gasteiger partial charge in [-0.1, -0.05) is 0 Å². The maximum Gasteiger partial charge on any atom is 0.414 e. The van der Waals surface area contributed by atoms with Crippen LogP contribution in [0.2, 0.25) is 0 Å². The van der Waals surface area contributed by atoms with Crippen molar-refractivity contribution in [3.63, 3.8) is 0 Å². The fraction of sp³-hybridized carbons (Fsp3) is 0.389. The van der Waals surface area contributed by atoms with E-state index in [0.29, 0.717) is 5.69 Å². The number of methoxy groups -OCH3 is 1. The molecule has 12 heteroatoms. The molecule has 0 unspecified atom stereocenters.